The summed E-state index contributed by atoms with van der Waals surface area (Å²) in [7, 11) is 0. The predicted octanol–water partition coefficient (Wildman–Crippen LogP) is 3.86. The second-order valence-corrected chi connectivity index (χ2v) is 6.41. The molecular formula is C16H22F3NO2. The molecule has 0 amide bonds. The maximum Gasteiger partial charge on any atom is 0.416 e. The summed E-state index contributed by atoms with van der Waals surface area (Å²) in [6.07, 6.45) is -4.10. The molecule has 0 fully saturated rings. The van der Waals surface area contributed by atoms with Crippen LogP contribution in [0.3, 0.4) is 0 Å². The van der Waals surface area contributed by atoms with Crippen molar-refractivity contribution in [3.8, 4) is 0 Å². The molecule has 0 radical (unpaired) electrons. The molecule has 0 aliphatic rings. The van der Waals surface area contributed by atoms with Gasteiger partial charge in [-0.05, 0) is 44.9 Å². The number of esters is 1. The number of hydrogen-bond acceptors (Lipinski definition) is 3. The molecule has 3 nitrogen and oxygen atoms in total. The standard InChI is InChI=1S/C16H22F3NO2/c1-5-15(20,10-22-13(21)14(2,3)4)11-7-6-8-12(9-11)16(17,18)19/h6-9H,5,10,20H2,1-4H3. The van der Waals surface area contributed by atoms with Crippen molar-refractivity contribution in [2.24, 2.45) is 11.1 Å². The van der Waals surface area contributed by atoms with Gasteiger partial charge in [-0.15, -0.1) is 0 Å². The number of rotatable bonds is 4. The number of benzene rings is 1. The Balaban J connectivity index is 3.01. The fourth-order valence-electron chi connectivity index (χ4n) is 1.81. The zero-order valence-corrected chi connectivity index (χ0v) is 13.3. The molecule has 1 aromatic carbocycles. The topological polar surface area (TPSA) is 52.3 Å². The molecule has 0 heterocycles. The van der Waals surface area contributed by atoms with E-state index in [9.17, 15) is 18.0 Å². The van der Waals surface area contributed by atoms with E-state index in [0.717, 1.165) is 12.1 Å². The highest BCUT2D eigenvalue weighted by atomic mass is 19.4. The van der Waals surface area contributed by atoms with Crippen LogP contribution in [0.4, 0.5) is 13.2 Å². The number of halogens is 3. The van der Waals surface area contributed by atoms with Crippen molar-refractivity contribution >= 4 is 5.97 Å². The molecule has 6 heteroatoms. The van der Waals surface area contributed by atoms with Crippen LogP contribution < -0.4 is 5.73 Å². The minimum absolute atomic E-state index is 0.166. The van der Waals surface area contributed by atoms with E-state index in [0.29, 0.717) is 12.0 Å². The number of alkyl halides is 3. The summed E-state index contributed by atoms with van der Waals surface area (Å²) >= 11 is 0. The van der Waals surface area contributed by atoms with Crippen molar-refractivity contribution in [3.05, 3.63) is 35.4 Å². The Labute approximate surface area is 128 Å². The third-order valence-electron chi connectivity index (χ3n) is 3.47. The van der Waals surface area contributed by atoms with Crippen LogP contribution in [-0.2, 0) is 21.2 Å². The predicted molar refractivity (Wildman–Crippen MR) is 78.0 cm³/mol. The van der Waals surface area contributed by atoms with Crippen LogP contribution in [-0.4, -0.2) is 12.6 Å². The number of carbonyl (C=O) groups is 1. The highest BCUT2D eigenvalue weighted by Crippen LogP contribution is 2.32. The normalized spacial score (nSPS) is 15.3. The summed E-state index contributed by atoms with van der Waals surface area (Å²) in [4.78, 5) is 11.8. The lowest BCUT2D eigenvalue weighted by atomic mass is 9.88. The molecular weight excluding hydrogens is 295 g/mol. The molecule has 0 aliphatic heterocycles. The van der Waals surface area contributed by atoms with Gasteiger partial charge in [0.15, 0.2) is 0 Å². The van der Waals surface area contributed by atoms with Crippen LogP contribution in [0.5, 0.6) is 0 Å². The van der Waals surface area contributed by atoms with Gasteiger partial charge in [-0.2, -0.15) is 13.2 Å². The summed E-state index contributed by atoms with van der Waals surface area (Å²) in [5, 5.41) is 0. The van der Waals surface area contributed by atoms with E-state index in [1.165, 1.54) is 12.1 Å². The van der Waals surface area contributed by atoms with Gasteiger partial charge in [0.05, 0.1) is 16.5 Å². The van der Waals surface area contributed by atoms with Crippen LogP contribution in [0.2, 0.25) is 0 Å². The molecule has 2 N–H and O–H groups in total. The van der Waals surface area contributed by atoms with Crippen LogP contribution in [0.25, 0.3) is 0 Å². The Morgan fingerprint density at radius 2 is 1.73 bits per heavy atom. The molecule has 1 atom stereocenters. The average molecular weight is 317 g/mol. The smallest absolute Gasteiger partial charge is 0.416 e. The number of hydrogen-bond donors (Lipinski definition) is 1. The summed E-state index contributed by atoms with van der Waals surface area (Å²) in [6, 6.07) is 4.82. The Morgan fingerprint density at radius 1 is 1.18 bits per heavy atom. The lowest BCUT2D eigenvalue weighted by Crippen LogP contribution is -2.43. The molecule has 0 spiro atoms. The molecule has 1 rings (SSSR count). The fourth-order valence-corrected chi connectivity index (χ4v) is 1.81. The first kappa shape index (κ1) is 18.5. The van der Waals surface area contributed by atoms with Crippen molar-refractivity contribution in [1.82, 2.24) is 0 Å². The van der Waals surface area contributed by atoms with Crippen LogP contribution in [0.1, 0.15) is 45.2 Å². The summed E-state index contributed by atoms with van der Waals surface area (Å²) in [5.74, 6) is -0.442. The first-order valence-electron chi connectivity index (χ1n) is 7.04. The van der Waals surface area contributed by atoms with E-state index in [1.807, 2.05) is 0 Å². The Bertz CT molecular complexity index is 535. The number of nitrogens with two attached hydrogens (primary N) is 1. The first-order chi connectivity index (χ1) is 9.90. The van der Waals surface area contributed by atoms with Crippen molar-refractivity contribution in [2.45, 2.75) is 45.8 Å². The minimum Gasteiger partial charge on any atom is -0.463 e. The van der Waals surface area contributed by atoms with Crippen LogP contribution >= 0.6 is 0 Å². The van der Waals surface area contributed by atoms with Gasteiger partial charge < -0.3 is 10.5 Å². The average Bonchev–Trinajstić information content (AvgIpc) is 2.42. The van der Waals surface area contributed by atoms with Gasteiger partial charge in [0.2, 0.25) is 0 Å². The minimum atomic E-state index is -4.44. The molecule has 0 bridgehead atoms. The fraction of sp³-hybridized carbons (Fsp3) is 0.562. The maximum atomic E-state index is 12.8. The summed E-state index contributed by atoms with van der Waals surface area (Å²) in [6.45, 7) is 6.67. The quantitative estimate of drug-likeness (QED) is 0.858. The van der Waals surface area contributed by atoms with Gasteiger partial charge in [0, 0.05) is 0 Å². The molecule has 22 heavy (non-hydrogen) atoms. The first-order valence-corrected chi connectivity index (χ1v) is 7.04. The van der Waals surface area contributed by atoms with Crippen molar-refractivity contribution < 1.29 is 22.7 Å². The van der Waals surface area contributed by atoms with Gasteiger partial charge in [-0.1, -0.05) is 19.1 Å². The Kier molecular flexibility index (Phi) is 5.28. The van der Waals surface area contributed by atoms with E-state index in [-0.39, 0.29) is 6.61 Å². The van der Waals surface area contributed by atoms with Crippen molar-refractivity contribution in [3.63, 3.8) is 0 Å². The van der Waals surface area contributed by atoms with Gasteiger partial charge in [0.25, 0.3) is 0 Å². The maximum absolute atomic E-state index is 12.8. The van der Waals surface area contributed by atoms with E-state index < -0.39 is 28.7 Å². The molecule has 0 saturated carbocycles. The Hall–Kier alpha value is -1.56. The lowest BCUT2D eigenvalue weighted by molar-refractivity contribution is -0.155. The zero-order valence-electron chi connectivity index (χ0n) is 13.3. The second-order valence-electron chi connectivity index (χ2n) is 6.41. The van der Waals surface area contributed by atoms with E-state index >= 15 is 0 Å². The number of carbonyl (C=O) groups excluding carboxylic acids is 1. The van der Waals surface area contributed by atoms with Gasteiger partial charge in [-0.3, -0.25) is 4.79 Å². The molecule has 124 valence electrons. The van der Waals surface area contributed by atoms with Gasteiger partial charge in [0.1, 0.15) is 6.61 Å². The molecule has 0 aliphatic carbocycles. The highest BCUT2D eigenvalue weighted by molar-refractivity contribution is 5.75. The van der Waals surface area contributed by atoms with Crippen LogP contribution in [0.15, 0.2) is 24.3 Å². The van der Waals surface area contributed by atoms with Crippen molar-refractivity contribution in [1.29, 1.82) is 0 Å². The summed E-state index contributed by atoms with van der Waals surface area (Å²) < 4.78 is 43.6. The second kappa shape index (κ2) is 6.28. The lowest BCUT2D eigenvalue weighted by Gasteiger charge is -2.30. The van der Waals surface area contributed by atoms with E-state index in [2.05, 4.69) is 0 Å². The number of ether oxygens (including phenoxy) is 1. The highest BCUT2D eigenvalue weighted by Gasteiger charge is 2.34. The third-order valence-corrected chi connectivity index (χ3v) is 3.47. The molecule has 1 aromatic rings. The molecule has 1 unspecified atom stereocenters. The zero-order chi connectivity index (χ0) is 17.2. The van der Waals surface area contributed by atoms with Crippen LogP contribution in [0, 0.1) is 5.41 Å². The van der Waals surface area contributed by atoms with Gasteiger partial charge in [-0.25, -0.2) is 0 Å². The SMILES string of the molecule is CCC(N)(COC(=O)C(C)(C)C)c1cccc(C(F)(F)F)c1. The third kappa shape index (κ3) is 4.47. The Morgan fingerprint density at radius 3 is 2.18 bits per heavy atom. The largest absolute Gasteiger partial charge is 0.463 e. The molecule has 0 saturated heterocycles. The van der Waals surface area contributed by atoms with E-state index in [4.69, 9.17) is 10.5 Å². The van der Waals surface area contributed by atoms with E-state index in [1.54, 1.807) is 27.7 Å². The van der Waals surface area contributed by atoms with Crippen molar-refractivity contribution in [2.75, 3.05) is 6.61 Å². The summed E-state index contributed by atoms with van der Waals surface area (Å²) in [5.41, 5.74) is 3.86. The monoisotopic (exact) mass is 317 g/mol. The van der Waals surface area contributed by atoms with Gasteiger partial charge >= 0.3 is 12.1 Å². The molecule has 0 aromatic heterocycles.